The number of aromatic nitrogens is 3. The Morgan fingerprint density at radius 2 is 1.12 bits per heavy atom. The van der Waals surface area contributed by atoms with Gasteiger partial charge in [-0.1, -0.05) is 103 Å². The second-order valence-corrected chi connectivity index (χ2v) is 4.84. The summed E-state index contributed by atoms with van der Waals surface area (Å²) in [6, 6.07) is 3.93. The smallest absolute Gasteiger partial charge is 0.0273 e. The van der Waals surface area contributed by atoms with Gasteiger partial charge < -0.3 is 9.97 Å². The minimum absolute atomic E-state index is 0.724. The van der Waals surface area contributed by atoms with E-state index in [0.29, 0.717) is 0 Å². The molecule has 2 aromatic heterocycles. The standard InChI is InChI=1S/C22H20N3/c1(2-4-6-8-10-12-14-22-24-19-20-25-22)3-5-7-9-11-13-21-15-17-23-18-16-21/h1-20H/q-1/b2-1+,5-3+,6-4+,9-7+,10-8+,13-11+,14-12+. The highest BCUT2D eigenvalue weighted by molar-refractivity contribution is 5.50. The Bertz CT molecular complexity index is 787. The molecule has 0 unspecified atom stereocenters. The highest BCUT2D eigenvalue weighted by atomic mass is 14.9. The molecule has 2 heterocycles. The number of allylic oxidation sites excluding steroid dienone is 12. The van der Waals surface area contributed by atoms with Crippen LogP contribution in [-0.4, -0.2) is 9.97 Å². The topological polar surface area (TPSA) is 39.9 Å². The Kier molecular flexibility index (Phi) is 8.60. The van der Waals surface area contributed by atoms with E-state index in [-0.39, 0.29) is 0 Å². The average Bonchev–Trinajstić information content (AvgIpc) is 3.16. The van der Waals surface area contributed by atoms with Crippen molar-refractivity contribution in [3.63, 3.8) is 0 Å². The van der Waals surface area contributed by atoms with Crippen LogP contribution in [0, 0.1) is 0 Å². The Balaban J connectivity index is 1.62. The molecule has 0 atom stereocenters. The molecular weight excluding hydrogens is 306 g/mol. The van der Waals surface area contributed by atoms with Gasteiger partial charge in [0.25, 0.3) is 0 Å². The molecule has 0 fully saturated rings. The van der Waals surface area contributed by atoms with Crippen molar-refractivity contribution in [2.45, 2.75) is 0 Å². The van der Waals surface area contributed by atoms with Crippen LogP contribution < -0.4 is 4.98 Å². The zero-order valence-corrected chi connectivity index (χ0v) is 13.9. The van der Waals surface area contributed by atoms with Crippen LogP contribution in [0.15, 0.2) is 110 Å². The molecule has 0 aromatic carbocycles. The van der Waals surface area contributed by atoms with Gasteiger partial charge in [0.2, 0.25) is 0 Å². The first kappa shape index (κ1) is 17.9. The number of rotatable bonds is 8. The molecule has 0 N–H and O–H groups in total. The second kappa shape index (κ2) is 12.0. The van der Waals surface area contributed by atoms with E-state index in [1.807, 2.05) is 97.2 Å². The fraction of sp³-hybridized carbons (Fsp3) is 0. The summed E-state index contributed by atoms with van der Waals surface area (Å²) in [4.78, 5) is 12.1. The van der Waals surface area contributed by atoms with Crippen molar-refractivity contribution in [2.75, 3.05) is 0 Å². The van der Waals surface area contributed by atoms with E-state index in [9.17, 15) is 0 Å². The van der Waals surface area contributed by atoms with Crippen molar-refractivity contribution >= 4 is 12.2 Å². The fourth-order valence-electron chi connectivity index (χ4n) is 1.76. The average molecular weight is 326 g/mol. The third-order valence-corrected chi connectivity index (χ3v) is 2.94. The first-order chi connectivity index (χ1) is 12.4. The normalized spacial score (nSPS) is 13.3. The molecule has 0 aliphatic rings. The Labute approximate surface area is 148 Å². The maximum atomic E-state index is 4.05. The van der Waals surface area contributed by atoms with Crippen molar-refractivity contribution in [3.05, 3.63) is 121 Å². The lowest BCUT2D eigenvalue weighted by molar-refractivity contribution is 1.24. The fourth-order valence-corrected chi connectivity index (χ4v) is 1.76. The summed E-state index contributed by atoms with van der Waals surface area (Å²) in [6.45, 7) is 0. The van der Waals surface area contributed by atoms with Crippen molar-refractivity contribution in [1.29, 1.82) is 0 Å². The van der Waals surface area contributed by atoms with Crippen molar-refractivity contribution in [1.82, 2.24) is 15.0 Å². The summed E-state index contributed by atoms with van der Waals surface area (Å²) in [5, 5.41) is 0. The number of imidazole rings is 1. The lowest BCUT2D eigenvalue weighted by Crippen LogP contribution is -1.73. The van der Waals surface area contributed by atoms with Gasteiger partial charge in [0.05, 0.1) is 0 Å². The SMILES string of the molecule is C(=C\C=C\C=C\C=C\c1ncc[n-]1)/C=C/C=C/C=C/c1ccncc1. The van der Waals surface area contributed by atoms with Gasteiger partial charge in [-0.3, -0.25) is 4.98 Å². The van der Waals surface area contributed by atoms with Crippen LogP contribution in [-0.2, 0) is 0 Å². The van der Waals surface area contributed by atoms with E-state index < -0.39 is 0 Å². The molecule has 3 nitrogen and oxygen atoms in total. The maximum absolute atomic E-state index is 4.05. The van der Waals surface area contributed by atoms with Gasteiger partial charge in [-0.25, -0.2) is 0 Å². The predicted octanol–water partition coefficient (Wildman–Crippen LogP) is 4.94. The third-order valence-electron chi connectivity index (χ3n) is 2.94. The largest absolute Gasteiger partial charge is 0.443 e. The monoisotopic (exact) mass is 326 g/mol. The van der Waals surface area contributed by atoms with Crippen LogP contribution in [0.4, 0.5) is 0 Å². The molecule has 0 radical (unpaired) electrons. The molecule has 0 aliphatic carbocycles. The van der Waals surface area contributed by atoms with Gasteiger partial charge in [0.15, 0.2) is 0 Å². The summed E-state index contributed by atoms with van der Waals surface area (Å²) in [7, 11) is 0. The highest BCUT2D eigenvalue weighted by Gasteiger charge is 1.79. The summed E-state index contributed by atoms with van der Waals surface area (Å²) >= 11 is 0. The van der Waals surface area contributed by atoms with E-state index in [1.165, 1.54) is 0 Å². The second-order valence-electron chi connectivity index (χ2n) is 4.84. The Morgan fingerprint density at radius 1 is 0.600 bits per heavy atom. The summed E-state index contributed by atoms with van der Waals surface area (Å²) in [5.41, 5.74) is 1.14. The van der Waals surface area contributed by atoms with E-state index in [4.69, 9.17) is 0 Å². The van der Waals surface area contributed by atoms with Crippen LogP contribution in [0.2, 0.25) is 0 Å². The van der Waals surface area contributed by atoms with Gasteiger partial charge in [-0.2, -0.15) is 0 Å². The predicted molar refractivity (Wildman–Crippen MR) is 106 cm³/mol. The van der Waals surface area contributed by atoms with Crippen molar-refractivity contribution < 1.29 is 0 Å². The summed E-state index contributed by atoms with van der Waals surface area (Å²) < 4.78 is 0. The third kappa shape index (κ3) is 8.67. The molecule has 0 saturated carbocycles. The van der Waals surface area contributed by atoms with E-state index in [2.05, 4.69) is 15.0 Å². The van der Waals surface area contributed by atoms with Crippen LogP contribution in [0.3, 0.4) is 0 Å². The molecule has 0 spiro atoms. The van der Waals surface area contributed by atoms with Gasteiger partial charge >= 0.3 is 0 Å². The number of hydrogen-bond donors (Lipinski definition) is 0. The molecule has 25 heavy (non-hydrogen) atoms. The molecule has 3 heteroatoms. The van der Waals surface area contributed by atoms with Crippen LogP contribution in [0.25, 0.3) is 12.2 Å². The maximum Gasteiger partial charge on any atom is 0.0273 e. The van der Waals surface area contributed by atoms with E-state index in [1.54, 1.807) is 24.8 Å². The molecule has 0 saturated heterocycles. The summed E-state index contributed by atoms with van der Waals surface area (Å²) in [5.74, 6) is 0.724. The Hall–Kier alpha value is -3.46. The lowest BCUT2D eigenvalue weighted by atomic mass is 10.2. The molecule has 0 amide bonds. The van der Waals surface area contributed by atoms with E-state index in [0.717, 1.165) is 11.4 Å². The van der Waals surface area contributed by atoms with Gasteiger partial charge in [0.1, 0.15) is 0 Å². The highest BCUT2D eigenvalue weighted by Crippen LogP contribution is 1.99. The molecule has 2 aromatic rings. The first-order valence-corrected chi connectivity index (χ1v) is 7.97. The molecule has 2 rings (SSSR count). The first-order valence-electron chi connectivity index (χ1n) is 7.97. The van der Waals surface area contributed by atoms with Crippen LogP contribution >= 0.6 is 0 Å². The quantitative estimate of drug-likeness (QED) is 0.645. The van der Waals surface area contributed by atoms with Gasteiger partial charge in [-0.15, -0.1) is 0 Å². The minimum atomic E-state index is 0.724. The van der Waals surface area contributed by atoms with Crippen LogP contribution in [0.5, 0.6) is 0 Å². The lowest BCUT2D eigenvalue weighted by Gasteiger charge is -1.89. The number of nitrogens with zero attached hydrogens (tertiary/aromatic N) is 3. The Morgan fingerprint density at radius 3 is 1.64 bits per heavy atom. The number of hydrogen-bond acceptors (Lipinski definition) is 2. The molecule has 124 valence electrons. The van der Waals surface area contributed by atoms with E-state index >= 15 is 0 Å². The van der Waals surface area contributed by atoms with Gasteiger partial charge in [0, 0.05) is 12.4 Å². The molecule has 0 bridgehead atoms. The van der Waals surface area contributed by atoms with Crippen molar-refractivity contribution in [3.8, 4) is 0 Å². The zero-order valence-electron chi connectivity index (χ0n) is 13.9. The van der Waals surface area contributed by atoms with Crippen molar-refractivity contribution in [2.24, 2.45) is 0 Å². The molecular formula is C22H20N3-. The number of pyridine rings is 1. The molecule has 0 aliphatic heterocycles. The van der Waals surface area contributed by atoms with Crippen LogP contribution in [0.1, 0.15) is 11.4 Å². The zero-order chi connectivity index (χ0) is 17.4. The summed E-state index contributed by atoms with van der Waals surface area (Å²) in [6.07, 6.45) is 34.5. The minimum Gasteiger partial charge on any atom is -0.443 e. The van der Waals surface area contributed by atoms with Gasteiger partial charge in [-0.05, 0) is 17.7 Å².